The molecule has 0 aromatic heterocycles. The predicted octanol–water partition coefficient (Wildman–Crippen LogP) is 4.98. The normalized spacial score (nSPS) is 26.3. The second-order valence-corrected chi connectivity index (χ2v) is 9.84. The van der Waals surface area contributed by atoms with Gasteiger partial charge in [-0.25, -0.2) is 0 Å². The molecule has 0 saturated carbocycles. The van der Waals surface area contributed by atoms with E-state index in [-0.39, 0.29) is 17.9 Å². The van der Waals surface area contributed by atoms with Gasteiger partial charge < -0.3 is 15.5 Å². The third-order valence-electron chi connectivity index (χ3n) is 6.82. The molecule has 5 nitrogen and oxygen atoms in total. The molecule has 0 bridgehead atoms. The highest BCUT2D eigenvalue weighted by atomic mass is 35.5. The number of nitrogens with zero attached hydrogens (tertiary/aromatic N) is 1. The number of carbonyl (C=O) groups excluding carboxylic acids is 2. The molecule has 1 saturated heterocycles. The summed E-state index contributed by atoms with van der Waals surface area (Å²) in [4.78, 5) is 28.8. The Kier molecular flexibility index (Phi) is 6.53. The lowest BCUT2D eigenvalue weighted by Crippen LogP contribution is -2.48. The molecule has 4 rings (SSSR count). The molecule has 0 aliphatic carbocycles. The van der Waals surface area contributed by atoms with Crippen molar-refractivity contribution < 1.29 is 9.59 Å². The van der Waals surface area contributed by atoms with Gasteiger partial charge in [0.15, 0.2) is 0 Å². The number of benzene rings is 2. The Labute approximate surface area is 199 Å². The maximum atomic E-state index is 13.9. The van der Waals surface area contributed by atoms with Crippen LogP contribution in [0, 0.1) is 0 Å². The highest BCUT2D eigenvalue weighted by Gasteiger charge is 2.65. The van der Waals surface area contributed by atoms with Crippen LogP contribution in [0.15, 0.2) is 42.5 Å². The average molecular weight is 474 g/mol. The number of nitrogens with one attached hydrogen (secondary N) is 2. The second kappa shape index (κ2) is 9.05. The van der Waals surface area contributed by atoms with Crippen molar-refractivity contribution in [2.45, 2.75) is 56.0 Å². The van der Waals surface area contributed by atoms with E-state index in [1.807, 2.05) is 36.4 Å². The molecular weight excluding hydrogens is 445 g/mol. The number of fused-ring (bicyclic) bond motifs is 2. The Morgan fingerprint density at radius 3 is 2.53 bits per heavy atom. The van der Waals surface area contributed by atoms with Crippen molar-refractivity contribution >= 4 is 40.7 Å². The van der Waals surface area contributed by atoms with Crippen LogP contribution in [0.3, 0.4) is 0 Å². The largest absolute Gasteiger partial charge is 0.347 e. The van der Waals surface area contributed by atoms with E-state index < -0.39 is 17.4 Å². The van der Waals surface area contributed by atoms with E-state index in [4.69, 9.17) is 23.2 Å². The van der Waals surface area contributed by atoms with E-state index in [9.17, 15) is 9.59 Å². The van der Waals surface area contributed by atoms with Crippen LogP contribution in [0.25, 0.3) is 0 Å². The van der Waals surface area contributed by atoms with Gasteiger partial charge in [0, 0.05) is 41.8 Å². The molecule has 0 radical (unpaired) electrons. The van der Waals surface area contributed by atoms with Crippen LogP contribution in [0.4, 0.5) is 5.69 Å². The molecule has 2 aromatic carbocycles. The minimum Gasteiger partial charge on any atom is -0.347 e. The maximum Gasteiger partial charge on any atom is 0.239 e. The number of hydrogen-bond donors (Lipinski definition) is 2. The molecule has 2 aliphatic heterocycles. The van der Waals surface area contributed by atoms with Gasteiger partial charge in [0.2, 0.25) is 11.8 Å². The molecule has 7 heteroatoms. The third-order valence-corrected chi connectivity index (χ3v) is 7.29. The van der Waals surface area contributed by atoms with Crippen molar-refractivity contribution in [3.05, 3.63) is 63.6 Å². The van der Waals surface area contributed by atoms with Gasteiger partial charge in [0.05, 0.1) is 6.04 Å². The fraction of sp³-hybridized carbons (Fsp3) is 0.440. The number of anilines is 1. The van der Waals surface area contributed by atoms with Gasteiger partial charge in [-0.05, 0) is 41.8 Å². The Morgan fingerprint density at radius 1 is 1.09 bits per heavy atom. The molecule has 2 N–H and O–H groups in total. The van der Waals surface area contributed by atoms with E-state index in [2.05, 4.69) is 17.6 Å². The van der Waals surface area contributed by atoms with Gasteiger partial charge in [0.25, 0.3) is 0 Å². The van der Waals surface area contributed by atoms with Gasteiger partial charge in [-0.15, -0.1) is 0 Å². The zero-order chi connectivity index (χ0) is 23.0. The van der Waals surface area contributed by atoms with Crippen molar-refractivity contribution in [2.75, 3.05) is 19.4 Å². The smallest absolute Gasteiger partial charge is 0.239 e. The molecule has 2 amide bonds. The average Bonchev–Trinajstić information content (AvgIpc) is 3.23. The van der Waals surface area contributed by atoms with Gasteiger partial charge in [-0.1, -0.05) is 67.6 Å². The van der Waals surface area contributed by atoms with E-state index in [0.29, 0.717) is 10.0 Å². The number of carbonyl (C=O) groups is 2. The summed E-state index contributed by atoms with van der Waals surface area (Å²) in [6, 6.07) is 12.3. The third kappa shape index (κ3) is 3.70. The number of likely N-dealkylation sites (N-methyl/N-ethyl adjacent to an activating group) is 1. The van der Waals surface area contributed by atoms with Crippen molar-refractivity contribution in [3.63, 3.8) is 0 Å². The lowest BCUT2D eigenvalue weighted by atomic mass is 9.64. The van der Waals surface area contributed by atoms with Gasteiger partial charge in [-0.3, -0.25) is 9.59 Å². The van der Waals surface area contributed by atoms with Crippen LogP contribution in [0.5, 0.6) is 0 Å². The van der Waals surface area contributed by atoms with E-state index in [1.54, 1.807) is 25.1 Å². The maximum absolute atomic E-state index is 13.9. The monoisotopic (exact) mass is 473 g/mol. The van der Waals surface area contributed by atoms with Crippen molar-refractivity contribution in [3.8, 4) is 0 Å². The van der Waals surface area contributed by atoms with Crippen molar-refractivity contribution in [2.24, 2.45) is 0 Å². The lowest BCUT2D eigenvalue weighted by molar-refractivity contribution is -0.131. The lowest BCUT2D eigenvalue weighted by Gasteiger charge is -2.35. The first-order valence-electron chi connectivity index (χ1n) is 11.1. The minimum absolute atomic E-state index is 0.0532. The second-order valence-electron chi connectivity index (χ2n) is 8.97. The summed E-state index contributed by atoms with van der Waals surface area (Å²) in [6.07, 6.45) is 3.90. The summed E-state index contributed by atoms with van der Waals surface area (Å²) in [7, 11) is 3.50. The standard InChI is InChI=1S/C25H29Cl2N3O2/c1-4-5-6-10-20-25(18-12-11-17(27)14-19(18)28-24(25)32)21(15-8-7-9-16(26)13-15)22(29-20)23(31)30(2)3/h7-9,11-14,20-22,29H,4-6,10H2,1-3H3,(H,28,32)/t20-,21+,22-,25+/m1/s1. The van der Waals surface area contributed by atoms with Crippen LogP contribution in [0.2, 0.25) is 10.0 Å². The first-order valence-corrected chi connectivity index (χ1v) is 11.9. The Bertz CT molecular complexity index is 1040. The number of hydrogen-bond acceptors (Lipinski definition) is 3. The number of amides is 2. The molecule has 32 heavy (non-hydrogen) atoms. The zero-order valence-electron chi connectivity index (χ0n) is 18.6. The predicted molar refractivity (Wildman–Crippen MR) is 130 cm³/mol. The van der Waals surface area contributed by atoms with Gasteiger partial charge in [0.1, 0.15) is 5.41 Å². The molecule has 2 aliphatic rings. The van der Waals surface area contributed by atoms with Crippen LogP contribution in [0.1, 0.15) is 49.7 Å². The van der Waals surface area contributed by atoms with Gasteiger partial charge >= 0.3 is 0 Å². The van der Waals surface area contributed by atoms with Gasteiger partial charge in [-0.2, -0.15) is 0 Å². The summed E-state index contributed by atoms with van der Waals surface area (Å²) in [5, 5.41) is 7.81. The number of halogens is 2. The fourth-order valence-corrected chi connectivity index (χ4v) is 5.84. The first kappa shape index (κ1) is 23.1. The Morgan fingerprint density at radius 2 is 1.84 bits per heavy atom. The summed E-state index contributed by atoms with van der Waals surface area (Å²) >= 11 is 12.6. The molecule has 2 aromatic rings. The van der Waals surface area contributed by atoms with Crippen molar-refractivity contribution in [1.82, 2.24) is 10.2 Å². The Hall–Kier alpha value is -2.08. The summed E-state index contributed by atoms with van der Waals surface area (Å²) in [5.41, 5.74) is 1.55. The van der Waals surface area contributed by atoms with Crippen LogP contribution < -0.4 is 10.6 Å². The first-order chi connectivity index (χ1) is 15.3. The molecule has 1 spiro atoms. The zero-order valence-corrected chi connectivity index (χ0v) is 20.1. The van der Waals surface area contributed by atoms with Crippen LogP contribution in [-0.4, -0.2) is 42.9 Å². The van der Waals surface area contributed by atoms with E-state index in [0.717, 1.165) is 42.5 Å². The van der Waals surface area contributed by atoms with E-state index >= 15 is 0 Å². The molecule has 170 valence electrons. The number of rotatable bonds is 6. The summed E-state index contributed by atoms with van der Waals surface area (Å²) in [6.45, 7) is 2.16. The summed E-state index contributed by atoms with van der Waals surface area (Å²) in [5.74, 6) is -0.560. The topological polar surface area (TPSA) is 61.4 Å². The highest BCUT2D eigenvalue weighted by Crippen LogP contribution is 2.56. The molecule has 0 unspecified atom stereocenters. The highest BCUT2D eigenvalue weighted by molar-refractivity contribution is 6.31. The Balaban J connectivity index is 1.94. The number of unbranched alkanes of at least 4 members (excludes halogenated alkanes) is 2. The van der Waals surface area contributed by atoms with Crippen LogP contribution in [-0.2, 0) is 15.0 Å². The van der Waals surface area contributed by atoms with E-state index in [1.165, 1.54) is 0 Å². The summed E-state index contributed by atoms with van der Waals surface area (Å²) < 4.78 is 0. The molecular formula is C25H29Cl2N3O2. The quantitative estimate of drug-likeness (QED) is 0.581. The fourth-order valence-electron chi connectivity index (χ4n) is 5.46. The van der Waals surface area contributed by atoms with Crippen molar-refractivity contribution in [1.29, 1.82) is 0 Å². The molecule has 2 heterocycles. The SMILES string of the molecule is CCCCC[C@H]1N[C@@H](C(=O)N(C)C)[C@H](c2cccc(Cl)c2)[C@@]12C(=O)Nc1cc(Cl)ccc12. The minimum atomic E-state index is -0.936. The molecule has 4 atom stereocenters. The van der Waals surface area contributed by atoms with Crippen LogP contribution >= 0.6 is 23.2 Å². The molecule has 1 fully saturated rings.